The second-order valence-corrected chi connectivity index (χ2v) is 11.0. The molecule has 1 aromatic carbocycles. The molecule has 25 heavy (non-hydrogen) atoms. The van der Waals surface area contributed by atoms with Crippen molar-refractivity contribution in [3.63, 3.8) is 0 Å². The lowest BCUT2D eigenvalue weighted by atomic mass is 9.88. The summed E-state index contributed by atoms with van der Waals surface area (Å²) in [6, 6.07) is 4.34. The molecule has 10 heteroatoms. The van der Waals surface area contributed by atoms with Gasteiger partial charge in [-0.3, -0.25) is 4.79 Å². The van der Waals surface area contributed by atoms with E-state index in [4.69, 9.17) is 0 Å². The van der Waals surface area contributed by atoms with Crippen LogP contribution in [0.25, 0.3) is 0 Å². The number of amides is 1. The van der Waals surface area contributed by atoms with Gasteiger partial charge in [-0.2, -0.15) is 3.71 Å². The van der Waals surface area contributed by atoms with E-state index in [0.717, 1.165) is 44.6 Å². The molecule has 1 aliphatic rings. The van der Waals surface area contributed by atoms with Crippen LogP contribution in [-0.2, 0) is 24.8 Å². The van der Waals surface area contributed by atoms with Gasteiger partial charge in [-0.1, -0.05) is 19.3 Å². The number of rotatable bonds is 5. The molecule has 0 radical (unpaired) electrons. The summed E-state index contributed by atoms with van der Waals surface area (Å²) in [4.78, 5) is 12.3. The molecule has 7 nitrogen and oxygen atoms in total. The number of nitrogens with one attached hydrogen (secondary N) is 1. The van der Waals surface area contributed by atoms with E-state index in [9.17, 15) is 21.6 Å². The quantitative estimate of drug-likeness (QED) is 0.739. The van der Waals surface area contributed by atoms with Crippen molar-refractivity contribution in [2.75, 3.05) is 21.5 Å². The zero-order valence-corrected chi connectivity index (χ0v) is 17.2. The molecule has 0 saturated heterocycles. The Morgan fingerprint density at radius 2 is 1.64 bits per heavy atom. The fourth-order valence-electron chi connectivity index (χ4n) is 2.95. The van der Waals surface area contributed by atoms with Gasteiger partial charge in [-0.15, -0.1) is 0 Å². The first-order chi connectivity index (χ1) is 11.5. The first kappa shape index (κ1) is 20.2. The summed E-state index contributed by atoms with van der Waals surface area (Å²) in [7, 11) is -8.05. The Morgan fingerprint density at radius 1 is 1.08 bits per heavy atom. The molecule has 2 rings (SSSR count). The molecule has 0 atom stereocenters. The molecule has 0 heterocycles. The van der Waals surface area contributed by atoms with Crippen molar-refractivity contribution in [2.45, 2.75) is 32.1 Å². The van der Waals surface area contributed by atoms with Crippen molar-refractivity contribution < 1.29 is 21.6 Å². The van der Waals surface area contributed by atoms with Crippen LogP contribution in [-0.4, -0.2) is 35.3 Å². The number of anilines is 2. The summed E-state index contributed by atoms with van der Waals surface area (Å²) in [5.74, 6) is -0.0850. The Labute approximate surface area is 157 Å². The Kier molecular flexibility index (Phi) is 6.16. The molecule has 0 unspecified atom stereocenters. The van der Waals surface area contributed by atoms with Gasteiger partial charge in [0.05, 0.1) is 18.2 Å². The summed E-state index contributed by atoms with van der Waals surface area (Å²) in [6.07, 6.45) is 6.59. The normalized spacial score (nSPS) is 16.4. The number of halogens is 1. The van der Waals surface area contributed by atoms with E-state index in [1.165, 1.54) is 18.2 Å². The standard InChI is InChI=1S/C15H21BrN2O5S2/c1-24(20,21)18(25(2,22)23)14-9-8-12(10-13(14)16)17-15(19)11-6-4-3-5-7-11/h8-11H,3-7H2,1-2H3,(H,17,19). The van der Waals surface area contributed by atoms with Gasteiger partial charge in [0.2, 0.25) is 26.0 Å². The van der Waals surface area contributed by atoms with Crippen LogP contribution in [0.4, 0.5) is 11.4 Å². The molecular formula is C15H21BrN2O5S2. The summed E-state index contributed by atoms with van der Waals surface area (Å²) in [6.45, 7) is 0. The van der Waals surface area contributed by atoms with Crippen LogP contribution in [0.15, 0.2) is 22.7 Å². The molecule has 0 aliphatic heterocycles. The Hall–Kier alpha value is -1.13. The zero-order valence-electron chi connectivity index (χ0n) is 14.0. The first-order valence-corrected chi connectivity index (χ1v) is 12.3. The van der Waals surface area contributed by atoms with Crippen LogP contribution in [0.3, 0.4) is 0 Å². The van der Waals surface area contributed by atoms with Crippen molar-refractivity contribution in [2.24, 2.45) is 5.92 Å². The predicted molar refractivity (Wildman–Crippen MR) is 102 cm³/mol. The maximum atomic E-state index is 12.3. The van der Waals surface area contributed by atoms with Gasteiger partial charge < -0.3 is 5.32 Å². The van der Waals surface area contributed by atoms with Gasteiger partial charge in [0.15, 0.2) is 0 Å². The van der Waals surface area contributed by atoms with E-state index in [0.29, 0.717) is 9.40 Å². The molecule has 1 aromatic rings. The zero-order chi connectivity index (χ0) is 18.8. The van der Waals surface area contributed by atoms with E-state index in [1.807, 2.05) is 0 Å². The largest absolute Gasteiger partial charge is 0.326 e. The summed E-state index contributed by atoms with van der Waals surface area (Å²) in [5, 5.41) is 2.81. The second-order valence-electron chi connectivity index (χ2n) is 6.21. The molecule has 140 valence electrons. The molecular weight excluding hydrogens is 432 g/mol. The molecule has 0 spiro atoms. The highest BCUT2D eigenvalue weighted by atomic mass is 79.9. The Morgan fingerprint density at radius 3 is 2.12 bits per heavy atom. The van der Waals surface area contributed by atoms with Gasteiger partial charge in [-0.05, 0) is 47.0 Å². The van der Waals surface area contributed by atoms with Crippen LogP contribution in [0.2, 0.25) is 0 Å². The van der Waals surface area contributed by atoms with Crippen molar-refractivity contribution in [3.05, 3.63) is 22.7 Å². The first-order valence-electron chi connectivity index (χ1n) is 7.81. The molecule has 1 N–H and O–H groups in total. The number of carbonyl (C=O) groups excluding carboxylic acids is 1. The van der Waals surface area contributed by atoms with Crippen LogP contribution < -0.4 is 9.03 Å². The monoisotopic (exact) mass is 452 g/mol. The van der Waals surface area contributed by atoms with Crippen molar-refractivity contribution in [1.82, 2.24) is 0 Å². The number of nitrogens with zero attached hydrogens (tertiary/aromatic N) is 1. The highest BCUT2D eigenvalue weighted by Gasteiger charge is 2.29. The maximum Gasteiger partial charge on any atom is 0.245 e. The highest BCUT2D eigenvalue weighted by molar-refractivity contribution is 9.10. The van der Waals surface area contributed by atoms with Crippen LogP contribution in [0.1, 0.15) is 32.1 Å². The smallest absolute Gasteiger partial charge is 0.245 e. The fraction of sp³-hybridized carbons (Fsp3) is 0.533. The number of hydrogen-bond donors (Lipinski definition) is 1. The number of hydrogen-bond acceptors (Lipinski definition) is 5. The van der Waals surface area contributed by atoms with Gasteiger partial charge in [0.25, 0.3) is 0 Å². The molecule has 1 saturated carbocycles. The molecule has 1 aliphatic carbocycles. The van der Waals surface area contributed by atoms with Crippen LogP contribution >= 0.6 is 15.9 Å². The second kappa shape index (κ2) is 7.63. The number of carbonyl (C=O) groups is 1. The molecule has 0 aromatic heterocycles. The van der Waals surface area contributed by atoms with Crippen molar-refractivity contribution in [1.29, 1.82) is 0 Å². The summed E-state index contributed by atoms with van der Waals surface area (Å²) >= 11 is 3.20. The Balaban J connectivity index is 2.26. The highest BCUT2D eigenvalue weighted by Crippen LogP contribution is 2.33. The summed E-state index contributed by atoms with van der Waals surface area (Å²) in [5.41, 5.74) is 0.453. The van der Waals surface area contributed by atoms with Crippen LogP contribution in [0.5, 0.6) is 0 Å². The van der Waals surface area contributed by atoms with Crippen molar-refractivity contribution in [3.8, 4) is 0 Å². The minimum Gasteiger partial charge on any atom is -0.326 e. The third-order valence-corrected chi connectivity index (χ3v) is 7.85. The lowest BCUT2D eigenvalue weighted by molar-refractivity contribution is -0.120. The van der Waals surface area contributed by atoms with E-state index < -0.39 is 20.0 Å². The van der Waals surface area contributed by atoms with Crippen molar-refractivity contribution >= 4 is 53.3 Å². The molecule has 1 fully saturated rings. The minimum atomic E-state index is -4.02. The van der Waals surface area contributed by atoms with E-state index in [-0.39, 0.29) is 22.0 Å². The lowest BCUT2D eigenvalue weighted by Crippen LogP contribution is -2.35. The van der Waals surface area contributed by atoms with Gasteiger partial charge >= 0.3 is 0 Å². The maximum absolute atomic E-state index is 12.3. The van der Waals surface area contributed by atoms with Crippen LogP contribution in [0, 0.1) is 5.92 Å². The van der Waals surface area contributed by atoms with E-state index in [1.54, 1.807) is 0 Å². The average Bonchev–Trinajstić information content (AvgIpc) is 2.48. The number of benzene rings is 1. The van der Waals surface area contributed by atoms with Gasteiger partial charge in [0.1, 0.15) is 0 Å². The van der Waals surface area contributed by atoms with E-state index in [2.05, 4.69) is 21.2 Å². The minimum absolute atomic E-state index is 0.0178. The lowest BCUT2D eigenvalue weighted by Gasteiger charge is -2.23. The SMILES string of the molecule is CS(=O)(=O)N(c1ccc(NC(=O)C2CCCCC2)cc1Br)S(C)(=O)=O. The molecule has 0 bridgehead atoms. The summed E-state index contributed by atoms with van der Waals surface area (Å²) < 4.78 is 48.0. The third kappa shape index (κ3) is 5.18. The average molecular weight is 453 g/mol. The molecule has 1 amide bonds. The topological polar surface area (TPSA) is 101 Å². The number of sulfonamides is 2. The Bertz CT molecular complexity index is 830. The van der Waals surface area contributed by atoms with E-state index >= 15 is 0 Å². The third-order valence-electron chi connectivity index (χ3n) is 3.99. The van der Waals surface area contributed by atoms with Gasteiger partial charge in [-0.25, -0.2) is 16.8 Å². The van der Waals surface area contributed by atoms with Gasteiger partial charge in [0, 0.05) is 16.1 Å². The predicted octanol–water partition coefficient (Wildman–Crippen LogP) is 2.69. The fourth-order valence-corrected chi connectivity index (χ4v) is 6.74.